The van der Waals surface area contributed by atoms with Crippen molar-refractivity contribution in [2.24, 2.45) is 0 Å². The Balaban J connectivity index is 1.61. The highest BCUT2D eigenvalue weighted by atomic mass is 19.4. The van der Waals surface area contributed by atoms with E-state index in [9.17, 15) is 22.8 Å². The van der Waals surface area contributed by atoms with E-state index < -0.39 is 23.5 Å². The summed E-state index contributed by atoms with van der Waals surface area (Å²) in [7, 11) is 0. The normalized spacial score (nSPS) is 16.2. The van der Waals surface area contributed by atoms with Crippen LogP contribution in [0.1, 0.15) is 35.1 Å². The Morgan fingerprint density at radius 3 is 2.58 bits per heavy atom. The molecule has 1 saturated heterocycles. The molecule has 2 aromatic carbocycles. The number of alkyl halides is 3. The van der Waals surface area contributed by atoms with Crippen LogP contribution in [0.2, 0.25) is 0 Å². The number of amides is 1. The summed E-state index contributed by atoms with van der Waals surface area (Å²) < 4.78 is 44.9. The molecule has 1 aliphatic rings. The summed E-state index contributed by atoms with van der Waals surface area (Å²) in [5.74, 6) is 0.135. The van der Waals surface area contributed by atoms with Crippen molar-refractivity contribution in [1.82, 2.24) is 20.1 Å². The van der Waals surface area contributed by atoms with Crippen LogP contribution in [-0.2, 0) is 22.3 Å². The number of nitrogens with zero attached hydrogens (tertiary/aromatic N) is 2. The molecule has 0 radical (unpaired) electrons. The van der Waals surface area contributed by atoms with Gasteiger partial charge in [-0.25, -0.2) is 4.79 Å². The molecule has 174 valence electrons. The molecule has 7 nitrogen and oxygen atoms in total. The zero-order valence-electron chi connectivity index (χ0n) is 18.1. The van der Waals surface area contributed by atoms with Gasteiger partial charge in [0.2, 0.25) is 5.91 Å². The Kier molecular flexibility index (Phi) is 6.11. The zero-order chi connectivity index (χ0) is 23.8. The summed E-state index contributed by atoms with van der Waals surface area (Å²) in [6.07, 6.45) is -3.33. The highest BCUT2D eigenvalue weighted by Gasteiger charge is 2.30. The van der Waals surface area contributed by atoms with Crippen LogP contribution in [0.25, 0.3) is 17.1 Å². The number of halogens is 3. The van der Waals surface area contributed by atoms with Crippen molar-refractivity contribution in [3.05, 3.63) is 69.1 Å². The van der Waals surface area contributed by atoms with Crippen molar-refractivity contribution >= 4 is 5.91 Å². The highest BCUT2D eigenvalue weighted by Crippen LogP contribution is 2.30. The highest BCUT2D eigenvalue weighted by molar-refractivity contribution is 5.81. The molecule has 0 saturated carbocycles. The molecule has 1 amide bonds. The fraction of sp³-hybridized carbons (Fsp3) is 0.348. The molecule has 10 heteroatoms. The van der Waals surface area contributed by atoms with Crippen LogP contribution in [0, 0.1) is 13.8 Å². The third kappa shape index (κ3) is 4.70. The molecule has 0 unspecified atom stereocenters. The Morgan fingerprint density at radius 1 is 1.21 bits per heavy atom. The van der Waals surface area contributed by atoms with Gasteiger partial charge in [0.15, 0.2) is 5.82 Å². The maximum absolute atomic E-state index is 12.8. The largest absolute Gasteiger partial charge is 0.416 e. The number of hydrogen-bond acceptors (Lipinski definition) is 4. The minimum Gasteiger partial charge on any atom is -0.368 e. The van der Waals surface area contributed by atoms with E-state index in [1.165, 1.54) is 12.1 Å². The van der Waals surface area contributed by atoms with Crippen molar-refractivity contribution in [3.8, 4) is 17.1 Å². The number of carbonyl (C=O) groups is 1. The molecule has 0 aliphatic carbocycles. The van der Waals surface area contributed by atoms with Crippen LogP contribution in [0.5, 0.6) is 0 Å². The molecule has 4 rings (SSSR count). The van der Waals surface area contributed by atoms with Crippen LogP contribution in [-0.4, -0.2) is 33.4 Å². The van der Waals surface area contributed by atoms with E-state index in [1.54, 1.807) is 0 Å². The van der Waals surface area contributed by atoms with Crippen LogP contribution in [0.3, 0.4) is 0 Å². The summed E-state index contributed by atoms with van der Waals surface area (Å²) in [6.45, 7) is 4.61. The number of benzene rings is 2. The minimum atomic E-state index is -4.46. The number of rotatable bonds is 5. The van der Waals surface area contributed by atoms with Gasteiger partial charge in [-0.1, -0.05) is 12.1 Å². The fourth-order valence-electron chi connectivity index (χ4n) is 3.93. The van der Waals surface area contributed by atoms with Gasteiger partial charge in [0.1, 0.15) is 6.10 Å². The number of aryl methyl sites for hydroxylation is 1. The van der Waals surface area contributed by atoms with Gasteiger partial charge in [-0.2, -0.15) is 17.9 Å². The lowest BCUT2D eigenvalue weighted by Crippen LogP contribution is -2.33. The van der Waals surface area contributed by atoms with E-state index >= 15 is 0 Å². The standard InChI is InChI=1S/C23H23F3N4O3/c1-13-5-6-15(12-27-21(31)18-4-3-11-33-18)14(2)19(13)20-28-22(32)30(29-20)17-9-7-16(8-10-17)23(24,25)26/h5-10,18H,3-4,11-12H2,1-2H3,(H,27,31)(H,28,29,32)/t18-/m1/s1. The second kappa shape index (κ2) is 8.86. The van der Waals surface area contributed by atoms with Crippen molar-refractivity contribution in [2.75, 3.05) is 6.61 Å². The van der Waals surface area contributed by atoms with Crippen LogP contribution < -0.4 is 11.0 Å². The summed E-state index contributed by atoms with van der Waals surface area (Å²) in [6, 6.07) is 7.98. The average molecular weight is 460 g/mol. The third-order valence-corrected chi connectivity index (χ3v) is 5.75. The van der Waals surface area contributed by atoms with Gasteiger partial charge in [-0.05, 0) is 67.6 Å². The van der Waals surface area contributed by atoms with E-state index in [2.05, 4.69) is 15.4 Å². The Bertz CT molecular complexity index is 1220. The van der Waals surface area contributed by atoms with Crippen molar-refractivity contribution < 1.29 is 22.7 Å². The quantitative estimate of drug-likeness (QED) is 0.608. The Hall–Kier alpha value is -3.40. The van der Waals surface area contributed by atoms with E-state index in [4.69, 9.17) is 4.74 Å². The number of carbonyl (C=O) groups excluding carboxylic acids is 1. The number of nitrogens with one attached hydrogen (secondary N) is 2. The van der Waals surface area contributed by atoms with Crippen LogP contribution in [0.4, 0.5) is 13.2 Å². The average Bonchev–Trinajstić information content (AvgIpc) is 3.43. The van der Waals surface area contributed by atoms with Crippen LogP contribution in [0.15, 0.2) is 41.2 Å². The van der Waals surface area contributed by atoms with E-state index in [1.807, 2.05) is 26.0 Å². The van der Waals surface area contributed by atoms with E-state index in [0.29, 0.717) is 31.0 Å². The molecule has 2 N–H and O–H groups in total. The topological polar surface area (TPSA) is 89.0 Å². The number of aromatic nitrogens is 3. The molecule has 0 bridgehead atoms. The Morgan fingerprint density at radius 2 is 1.94 bits per heavy atom. The van der Waals surface area contributed by atoms with E-state index in [-0.39, 0.29) is 11.6 Å². The molecule has 1 aromatic heterocycles. The van der Waals surface area contributed by atoms with Crippen molar-refractivity contribution in [2.45, 2.75) is 45.5 Å². The predicted molar refractivity (Wildman–Crippen MR) is 115 cm³/mol. The molecule has 1 atom stereocenters. The van der Waals surface area contributed by atoms with Gasteiger partial charge in [0.05, 0.1) is 11.3 Å². The number of ether oxygens (including phenoxy) is 1. The second-order valence-corrected chi connectivity index (χ2v) is 8.00. The molecular weight excluding hydrogens is 437 g/mol. The predicted octanol–water partition coefficient (Wildman–Crippen LogP) is 3.66. The molecule has 33 heavy (non-hydrogen) atoms. The summed E-state index contributed by atoms with van der Waals surface area (Å²) >= 11 is 0. The van der Waals surface area contributed by atoms with Crippen molar-refractivity contribution in [1.29, 1.82) is 0 Å². The second-order valence-electron chi connectivity index (χ2n) is 8.00. The van der Waals surface area contributed by atoms with Gasteiger partial charge in [0.25, 0.3) is 0 Å². The van der Waals surface area contributed by atoms with Gasteiger partial charge in [-0.15, -0.1) is 5.10 Å². The first kappa shape index (κ1) is 22.8. The number of aromatic amines is 1. The minimum absolute atomic E-state index is 0.158. The third-order valence-electron chi connectivity index (χ3n) is 5.75. The lowest BCUT2D eigenvalue weighted by atomic mass is 9.97. The maximum Gasteiger partial charge on any atom is 0.416 e. The first-order valence-corrected chi connectivity index (χ1v) is 10.5. The van der Waals surface area contributed by atoms with Gasteiger partial charge in [-0.3, -0.25) is 9.78 Å². The monoisotopic (exact) mass is 460 g/mol. The van der Waals surface area contributed by atoms with Crippen molar-refractivity contribution in [3.63, 3.8) is 0 Å². The molecule has 0 spiro atoms. The Labute approximate surface area is 187 Å². The summed E-state index contributed by atoms with van der Waals surface area (Å²) in [4.78, 5) is 27.5. The van der Waals surface area contributed by atoms with Gasteiger partial charge >= 0.3 is 11.9 Å². The fourth-order valence-corrected chi connectivity index (χ4v) is 3.93. The number of H-pyrrole nitrogens is 1. The first-order valence-electron chi connectivity index (χ1n) is 10.5. The first-order chi connectivity index (χ1) is 15.6. The zero-order valence-corrected chi connectivity index (χ0v) is 18.1. The molecular formula is C23H23F3N4O3. The molecule has 3 aromatic rings. The molecule has 2 heterocycles. The lowest BCUT2D eigenvalue weighted by molar-refractivity contribution is -0.137. The number of hydrogen-bond donors (Lipinski definition) is 2. The van der Waals surface area contributed by atoms with Gasteiger partial charge in [0, 0.05) is 18.7 Å². The van der Waals surface area contributed by atoms with Gasteiger partial charge < -0.3 is 10.1 Å². The molecule has 1 fully saturated rings. The maximum atomic E-state index is 12.8. The smallest absolute Gasteiger partial charge is 0.368 e. The lowest BCUT2D eigenvalue weighted by Gasteiger charge is -2.15. The SMILES string of the molecule is Cc1ccc(CNC(=O)[C@H]2CCCO2)c(C)c1-c1nn(-c2ccc(C(F)(F)F)cc2)c(=O)[nH]1. The van der Waals surface area contributed by atoms with Crippen LogP contribution >= 0.6 is 0 Å². The van der Waals surface area contributed by atoms with E-state index in [0.717, 1.165) is 39.9 Å². The summed E-state index contributed by atoms with van der Waals surface area (Å²) in [5.41, 5.74) is 2.07. The molecule has 1 aliphatic heterocycles. The summed E-state index contributed by atoms with van der Waals surface area (Å²) in [5, 5.41) is 7.21.